The molecule has 3 aromatic carbocycles. The number of benzene rings is 3. The predicted octanol–water partition coefficient (Wildman–Crippen LogP) is 6.56. The van der Waals surface area contributed by atoms with Crippen LogP contribution in [0.15, 0.2) is 66.7 Å². The second-order valence-corrected chi connectivity index (χ2v) is 8.47. The second kappa shape index (κ2) is 6.58. The van der Waals surface area contributed by atoms with Gasteiger partial charge in [-0.05, 0) is 62.7 Å². The maximum absolute atomic E-state index is 3.60. The van der Waals surface area contributed by atoms with E-state index in [1.54, 1.807) is 0 Å². The van der Waals surface area contributed by atoms with E-state index in [1.807, 2.05) is 0 Å². The Balaban J connectivity index is 1.64. The maximum Gasteiger partial charge on any atom is 0.113 e. The molecule has 0 amide bonds. The first-order valence-corrected chi connectivity index (χ1v) is 10.6. The third-order valence-electron chi connectivity index (χ3n) is 5.78. The summed E-state index contributed by atoms with van der Waals surface area (Å²) in [6, 6.07) is 23.8. The molecular formula is C23H23IN4. The lowest BCUT2D eigenvalue weighted by Crippen LogP contribution is -2.33. The van der Waals surface area contributed by atoms with E-state index in [0.717, 1.165) is 0 Å². The summed E-state index contributed by atoms with van der Waals surface area (Å²) >= 11 is 2.42. The molecule has 0 fully saturated rings. The number of hydrogen-bond acceptors (Lipinski definition) is 4. The third kappa shape index (κ3) is 2.49. The van der Waals surface area contributed by atoms with Gasteiger partial charge in [0.15, 0.2) is 0 Å². The summed E-state index contributed by atoms with van der Waals surface area (Å²) in [5.41, 5.74) is 8.76. The lowest BCUT2D eigenvalue weighted by Gasteiger charge is -2.31. The van der Waals surface area contributed by atoms with Gasteiger partial charge < -0.3 is 15.1 Å². The third-order valence-corrected chi connectivity index (χ3v) is 7.11. The lowest BCUT2D eigenvalue weighted by atomic mass is 10.1. The Kier molecular flexibility index (Phi) is 4.16. The molecule has 2 atom stereocenters. The summed E-state index contributed by atoms with van der Waals surface area (Å²) in [4.78, 5) is 4.85. The molecule has 1 N–H and O–H groups in total. The number of rotatable bonds is 2. The average Bonchev–Trinajstić information content (AvgIpc) is 3.16. The molecule has 0 bridgehead atoms. The van der Waals surface area contributed by atoms with Gasteiger partial charge in [-0.15, -0.1) is 0 Å². The van der Waals surface area contributed by atoms with Gasteiger partial charge in [-0.1, -0.05) is 30.3 Å². The smallest absolute Gasteiger partial charge is 0.113 e. The summed E-state index contributed by atoms with van der Waals surface area (Å²) < 4.78 is 2.31. The monoisotopic (exact) mass is 482 g/mol. The summed E-state index contributed by atoms with van der Waals surface area (Å²) in [7, 11) is 0. The van der Waals surface area contributed by atoms with Gasteiger partial charge >= 0.3 is 0 Å². The van der Waals surface area contributed by atoms with Crippen LogP contribution in [0.3, 0.4) is 0 Å². The van der Waals surface area contributed by atoms with Crippen molar-refractivity contribution in [2.24, 2.45) is 0 Å². The van der Waals surface area contributed by atoms with Gasteiger partial charge in [0.25, 0.3) is 0 Å². The minimum Gasteiger partial charge on any atom is -0.363 e. The van der Waals surface area contributed by atoms with Crippen LogP contribution in [0.5, 0.6) is 0 Å². The topological polar surface area (TPSA) is 21.8 Å². The van der Waals surface area contributed by atoms with Gasteiger partial charge in [0.05, 0.1) is 45.6 Å². The first-order valence-electron chi connectivity index (χ1n) is 9.65. The molecule has 2 aliphatic rings. The highest BCUT2D eigenvalue weighted by molar-refractivity contribution is 14.1. The number of nitrogens with zero attached hydrogens (tertiary/aromatic N) is 3. The van der Waals surface area contributed by atoms with E-state index >= 15 is 0 Å². The SMILES string of the molecule is Cc1c(N2c3ccccc3N[C@H]2C)cccc1N1c2ccccc2N(I)[C@@H]1C. The van der Waals surface area contributed by atoms with Gasteiger partial charge in [-0.25, -0.2) is 0 Å². The van der Waals surface area contributed by atoms with Crippen molar-refractivity contribution < 1.29 is 0 Å². The molecule has 142 valence electrons. The summed E-state index contributed by atoms with van der Waals surface area (Å²) in [6.07, 6.45) is 0.476. The van der Waals surface area contributed by atoms with Crippen molar-refractivity contribution in [2.75, 3.05) is 18.2 Å². The Morgan fingerprint density at radius 1 is 0.714 bits per heavy atom. The van der Waals surface area contributed by atoms with Crippen molar-refractivity contribution >= 4 is 57.0 Å². The Morgan fingerprint density at radius 3 is 2.04 bits per heavy atom. The van der Waals surface area contributed by atoms with Crippen molar-refractivity contribution in [3.05, 3.63) is 72.3 Å². The zero-order chi connectivity index (χ0) is 19.4. The molecule has 5 rings (SSSR count). The molecule has 0 unspecified atom stereocenters. The summed E-state index contributed by atoms with van der Waals surface area (Å²) in [6.45, 7) is 6.71. The molecular weight excluding hydrogens is 459 g/mol. The van der Waals surface area contributed by atoms with Gasteiger partial charge in [0, 0.05) is 11.4 Å². The van der Waals surface area contributed by atoms with Gasteiger partial charge in [0.1, 0.15) is 12.3 Å². The molecule has 2 aliphatic heterocycles. The van der Waals surface area contributed by atoms with Crippen LogP contribution in [0.1, 0.15) is 19.4 Å². The van der Waals surface area contributed by atoms with E-state index in [2.05, 4.69) is 129 Å². The molecule has 0 aromatic heterocycles. The molecule has 5 heteroatoms. The zero-order valence-electron chi connectivity index (χ0n) is 16.2. The normalized spacial score (nSPS) is 20.2. The number of anilines is 6. The summed E-state index contributed by atoms with van der Waals surface area (Å²) in [5.74, 6) is 0. The van der Waals surface area contributed by atoms with Crippen LogP contribution in [0.4, 0.5) is 34.1 Å². The van der Waals surface area contributed by atoms with Crippen LogP contribution >= 0.6 is 22.9 Å². The molecule has 0 aliphatic carbocycles. The fraction of sp³-hybridized carbons (Fsp3) is 0.217. The largest absolute Gasteiger partial charge is 0.363 e. The molecule has 2 heterocycles. The van der Waals surface area contributed by atoms with Crippen LogP contribution in [-0.4, -0.2) is 12.3 Å². The second-order valence-electron chi connectivity index (χ2n) is 7.43. The molecule has 0 saturated heterocycles. The Hall–Kier alpha value is -2.41. The quantitative estimate of drug-likeness (QED) is 0.330. The van der Waals surface area contributed by atoms with Crippen molar-refractivity contribution in [2.45, 2.75) is 33.1 Å². The molecule has 0 saturated carbocycles. The fourth-order valence-electron chi connectivity index (χ4n) is 4.46. The molecule has 3 aromatic rings. The van der Waals surface area contributed by atoms with Gasteiger partial charge in [0.2, 0.25) is 0 Å². The molecule has 0 spiro atoms. The van der Waals surface area contributed by atoms with Gasteiger partial charge in [-0.3, -0.25) is 3.11 Å². The fourth-order valence-corrected chi connectivity index (χ4v) is 5.12. The van der Waals surface area contributed by atoms with Crippen molar-refractivity contribution in [1.29, 1.82) is 0 Å². The van der Waals surface area contributed by atoms with Crippen molar-refractivity contribution in [1.82, 2.24) is 0 Å². The first kappa shape index (κ1) is 17.7. The van der Waals surface area contributed by atoms with Gasteiger partial charge in [-0.2, -0.15) is 0 Å². The van der Waals surface area contributed by atoms with Crippen LogP contribution in [-0.2, 0) is 0 Å². The highest BCUT2D eigenvalue weighted by atomic mass is 127. The van der Waals surface area contributed by atoms with E-state index in [9.17, 15) is 0 Å². The van der Waals surface area contributed by atoms with Crippen LogP contribution in [0, 0.1) is 6.92 Å². The van der Waals surface area contributed by atoms with E-state index in [0.29, 0.717) is 0 Å². The summed E-state index contributed by atoms with van der Waals surface area (Å²) in [5, 5.41) is 3.60. The number of nitrogens with one attached hydrogen (secondary N) is 1. The number of para-hydroxylation sites is 4. The Labute approximate surface area is 180 Å². The van der Waals surface area contributed by atoms with Crippen LogP contribution in [0.2, 0.25) is 0 Å². The van der Waals surface area contributed by atoms with E-state index < -0.39 is 0 Å². The number of halogens is 1. The van der Waals surface area contributed by atoms with E-state index in [-0.39, 0.29) is 12.3 Å². The minimum atomic E-state index is 0.218. The molecule has 0 radical (unpaired) electrons. The Bertz CT molecular complexity index is 1050. The van der Waals surface area contributed by atoms with Crippen LogP contribution in [0.25, 0.3) is 0 Å². The van der Waals surface area contributed by atoms with Crippen LogP contribution < -0.4 is 18.2 Å². The predicted molar refractivity (Wildman–Crippen MR) is 127 cm³/mol. The van der Waals surface area contributed by atoms with Crippen molar-refractivity contribution in [3.63, 3.8) is 0 Å². The molecule has 4 nitrogen and oxygen atoms in total. The number of hydrogen-bond donors (Lipinski definition) is 1. The lowest BCUT2D eigenvalue weighted by molar-refractivity contribution is 0.804. The van der Waals surface area contributed by atoms with E-state index in [4.69, 9.17) is 0 Å². The Morgan fingerprint density at radius 2 is 1.29 bits per heavy atom. The highest BCUT2D eigenvalue weighted by Crippen LogP contribution is 2.49. The standard InChI is InChI=1S/C23H23IN4/c1-15-19(26-16(2)25-18-9-4-5-10-21(18)26)13-8-14-20(15)27-17(3)28(24)23-12-7-6-11-22(23)27/h4-14,16-17,25H,1-3H3/t16-,17-/m1/s1. The minimum absolute atomic E-state index is 0.218. The number of fused-ring (bicyclic) bond motifs is 2. The molecule has 28 heavy (non-hydrogen) atoms. The maximum atomic E-state index is 3.60. The first-order chi connectivity index (χ1) is 13.6. The van der Waals surface area contributed by atoms with E-state index in [1.165, 1.54) is 39.7 Å². The zero-order valence-corrected chi connectivity index (χ0v) is 18.4. The average molecular weight is 482 g/mol. The highest BCUT2D eigenvalue weighted by Gasteiger charge is 2.34. The van der Waals surface area contributed by atoms with Crippen molar-refractivity contribution in [3.8, 4) is 0 Å².